The summed E-state index contributed by atoms with van der Waals surface area (Å²) in [6, 6.07) is -0.625. The Morgan fingerprint density at radius 2 is 0.556 bits per heavy atom. The van der Waals surface area contributed by atoms with Crippen molar-refractivity contribution in [2.75, 3.05) is 13.2 Å². The van der Waals surface area contributed by atoms with Crippen molar-refractivity contribution in [3.8, 4) is 0 Å². The number of hydrogen-bond acceptors (Lipinski definition) is 5. The lowest BCUT2D eigenvalue weighted by molar-refractivity contribution is -0.143. The van der Waals surface area contributed by atoms with Gasteiger partial charge in [-0.2, -0.15) is 0 Å². The van der Waals surface area contributed by atoms with E-state index in [1.54, 1.807) is 6.08 Å². The van der Waals surface area contributed by atoms with Crippen LogP contribution in [0.4, 0.5) is 0 Å². The Balaban J connectivity index is 3.34. The largest absolute Gasteiger partial charge is 0.466 e. The molecule has 90 heavy (non-hydrogen) atoms. The molecule has 0 radical (unpaired) electrons. The number of carbonyl (C=O) groups excluding carboxylic acids is 2. The van der Waals surface area contributed by atoms with Crippen LogP contribution < -0.4 is 5.32 Å². The summed E-state index contributed by atoms with van der Waals surface area (Å²) in [6.45, 7) is 4.92. The summed E-state index contributed by atoms with van der Waals surface area (Å²) < 4.78 is 5.50. The highest BCUT2D eigenvalue weighted by Crippen LogP contribution is 2.20. The lowest BCUT2D eigenvalue weighted by atomic mass is 10.0. The molecule has 530 valence electrons. The van der Waals surface area contributed by atoms with E-state index in [1.807, 2.05) is 6.08 Å². The van der Waals surface area contributed by atoms with E-state index in [1.165, 1.54) is 372 Å². The molecule has 0 spiro atoms. The molecule has 6 heteroatoms. The van der Waals surface area contributed by atoms with Gasteiger partial charge in [0.2, 0.25) is 5.91 Å². The Hall–Kier alpha value is -2.18. The van der Waals surface area contributed by atoms with Gasteiger partial charge in [0.1, 0.15) is 0 Å². The van der Waals surface area contributed by atoms with Crippen LogP contribution in [0.5, 0.6) is 0 Å². The molecule has 0 saturated carbocycles. The van der Waals surface area contributed by atoms with Crippen LogP contribution in [0.1, 0.15) is 450 Å². The molecule has 0 rings (SSSR count). The van der Waals surface area contributed by atoms with Crippen molar-refractivity contribution >= 4 is 11.9 Å². The van der Waals surface area contributed by atoms with Crippen LogP contribution in [0.3, 0.4) is 0 Å². The zero-order chi connectivity index (χ0) is 64.9. The van der Waals surface area contributed by atoms with Crippen LogP contribution in [0, 0.1) is 0 Å². The van der Waals surface area contributed by atoms with Gasteiger partial charge in [0, 0.05) is 12.8 Å². The Morgan fingerprint density at radius 3 is 0.867 bits per heavy atom. The molecule has 0 aromatic carbocycles. The monoisotopic (exact) mass is 1260 g/mol. The zero-order valence-corrected chi connectivity index (χ0v) is 60.9. The Morgan fingerprint density at radius 1 is 0.311 bits per heavy atom. The second-order valence-corrected chi connectivity index (χ2v) is 28.1. The number of aliphatic hydroxyl groups excluding tert-OH is 2. The summed E-state index contributed by atoms with van der Waals surface area (Å²) in [5, 5.41) is 23.3. The summed E-state index contributed by atoms with van der Waals surface area (Å²) in [5.74, 6) is -0.0508. The smallest absolute Gasteiger partial charge is 0.305 e. The quantitative estimate of drug-likeness (QED) is 0.0320. The molecular weight excluding hydrogens is 1100 g/mol. The van der Waals surface area contributed by atoms with Crippen LogP contribution in [-0.2, 0) is 14.3 Å². The van der Waals surface area contributed by atoms with Crippen molar-refractivity contribution in [1.82, 2.24) is 5.32 Å². The number of rotatable bonds is 77. The lowest BCUT2D eigenvalue weighted by Gasteiger charge is -2.20. The molecule has 0 aliphatic carbocycles. The van der Waals surface area contributed by atoms with Gasteiger partial charge in [-0.25, -0.2) is 0 Å². The van der Waals surface area contributed by atoms with Crippen molar-refractivity contribution in [1.29, 1.82) is 0 Å². The fourth-order valence-corrected chi connectivity index (χ4v) is 12.8. The minimum atomic E-state index is -0.842. The topological polar surface area (TPSA) is 95.9 Å². The van der Waals surface area contributed by atoms with Crippen molar-refractivity contribution < 1.29 is 24.5 Å². The van der Waals surface area contributed by atoms with Crippen LogP contribution in [-0.4, -0.2) is 47.4 Å². The molecule has 0 aromatic rings. The first-order valence-corrected chi connectivity index (χ1v) is 40.9. The number of allylic oxidation sites excluding steroid dienone is 7. The van der Waals surface area contributed by atoms with Gasteiger partial charge in [-0.1, -0.05) is 396 Å². The van der Waals surface area contributed by atoms with E-state index in [0.29, 0.717) is 19.4 Å². The summed E-state index contributed by atoms with van der Waals surface area (Å²) in [5.41, 5.74) is 0. The van der Waals surface area contributed by atoms with E-state index in [0.717, 1.165) is 51.4 Å². The van der Waals surface area contributed by atoms with Gasteiger partial charge in [0.15, 0.2) is 0 Å². The van der Waals surface area contributed by atoms with Gasteiger partial charge in [-0.15, -0.1) is 0 Å². The molecule has 0 fully saturated rings. The number of aliphatic hydroxyl groups is 2. The third kappa shape index (κ3) is 74.9. The Bertz CT molecular complexity index is 1500. The minimum absolute atomic E-state index is 0.00921. The van der Waals surface area contributed by atoms with Gasteiger partial charge in [-0.05, 0) is 89.9 Å². The number of nitrogens with one attached hydrogen (secondary N) is 1. The average molecular weight is 1260 g/mol. The molecule has 1 amide bonds. The van der Waals surface area contributed by atoms with Gasteiger partial charge in [0.25, 0.3) is 0 Å². The highest BCUT2D eigenvalue weighted by molar-refractivity contribution is 5.76. The first kappa shape index (κ1) is 87.8. The summed E-state index contributed by atoms with van der Waals surface area (Å²) in [4.78, 5) is 24.6. The van der Waals surface area contributed by atoms with Crippen molar-refractivity contribution in [2.45, 2.75) is 463 Å². The molecule has 0 aliphatic rings. The van der Waals surface area contributed by atoms with Crippen LogP contribution in [0.25, 0.3) is 0 Å². The van der Waals surface area contributed by atoms with Gasteiger partial charge < -0.3 is 20.3 Å². The highest BCUT2D eigenvalue weighted by Gasteiger charge is 2.18. The van der Waals surface area contributed by atoms with Gasteiger partial charge in [0.05, 0.1) is 25.4 Å². The van der Waals surface area contributed by atoms with E-state index < -0.39 is 12.1 Å². The van der Waals surface area contributed by atoms with Gasteiger partial charge >= 0.3 is 5.97 Å². The number of carbonyl (C=O) groups is 2. The Kier molecular flexibility index (Phi) is 77.3. The predicted octanol–water partition coefficient (Wildman–Crippen LogP) is 27.2. The number of hydrogen-bond donors (Lipinski definition) is 3. The van der Waals surface area contributed by atoms with Crippen LogP contribution in [0.15, 0.2) is 48.6 Å². The lowest BCUT2D eigenvalue weighted by Crippen LogP contribution is -2.45. The average Bonchev–Trinajstić information content (AvgIpc) is 3.68. The molecule has 6 nitrogen and oxygen atoms in total. The molecule has 0 saturated heterocycles. The first-order valence-electron chi connectivity index (χ1n) is 40.9. The maximum Gasteiger partial charge on any atom is 0.305 e. The third-order valence-corrected chi connectivity index (χ3v) is 19.1. The molecule has 0 aromatic heterocycles. The molecule has 2 atom stereocenters. The normalized spacial score (nSPS) is 12.7. The van der Waals surface area contributed by atoms with E-state index in [-0.39, 0.29) is 18.5 Å². The second kappa shape index (κ2) is 79.3. The SMILES string of the molecule is CCCCCC/C=C\C/C=C\CCCCCCCC(=O)OCCCCCCCCCCCCCCCCCCCC/C=C\CCCCCCCCCCCCCCCCCCCC(=O)NC(CO)C(O)/C=C/CCCCCCCCCCCCCCCCCC. The molecular formula is C84H159NO5. The summed E-state index contributed by atoms with van der Waals surface area (Å²) in [6.07, 6.45) is 105. The minimum Gasteiger partial charge on any atom is -0.466 e. The molecule has 0 bridgehead atoms. The molecule has 0 aliphatic heterocycles. The molecule has 0 heterocycles. The van der Waals surface area contributed by atoms with E-state index in [9.17, 15) is 19.8 Å². The van der Waals surface area contributed by atoms with Crippen LogP contribution in [0.2, 0.25) is 0 Å². The Labute approximate surface area is 563 Å². The van der Waals surface area contributed by atoms with Crippen molar-refractivity contribution in [3.63, 3.8) is 0 Å². The standard InChI is InChI=1S/C84H159NO5/c1-3-5-7-9-11-13-15-17-19-21-45-48-52-56-60-64-68-72-76-82(87)81(80-86)85-83(88)77-73-69-65-61-57-53-49-46-43-41-39-37-35-33-31-29-27-25-23-22-24-26-28-30-32-34-36-38-40-42-44-47-51-55-59-63-67-71-75-79-90-84(89)78-74-70-66-62-58-54-50-20-18-16-14-12-10-8-6-4-2/h14,16,20,22-23,50,72,76,81-82,86-87H,3-13,15,17-19,21,24-49,51-71,73-75,77-80H2,1-2H3,(H,85,88)/b16-14-,23-22-,50-20-,76-72+. The van der Waals surface area contributed by atoms with E-state index in [2.05, 4.69) is 55.6 Å². The van der Waals surface area contributed by atoms with Crippen molar-refractivity contribution in [2.24, 2.45) is 0 Å². The number of amides is 1. The maximum atomic E-state index is 12.5. The zero-order valence-electron chi connectivity index (χ0n) is 60.9. The number of unbranched alkanes of at least 4 members (excludes halogenated alkanes) is 60. The first-order chi connectivity index (χ1) is 44.5. The second-order valence-electron chi connectivity index (χ2n) is 28.1. The molecule has 2 unspecified atom stereocenters. The van der Waals surface area contributed by atoms with E-state index in [4.69, 9.17) is 4.74 Å². The molecule has 3 N–H and O–H groups in total. The highest BCUT2D eigenvalue weighted by atomic mass is 16.5. The van der Waals surface area contributed by atoms with Crippen LogP contribution >= 0.6 is 0 Å². The predicted molar refractivity (Wildman–Crippen MR) is 398 cm³/mol. The number of esters is 1. The van der Waals surface area contributed by atoms with E-state index >= 15 is 0 Å². The maximum absolute atomic E-state index is 12.5. The fourth-order valence-electron chi connectivity index (χ4n) is 12.8. The van der Waals surface area contributed by atoms with Gasteiger partial charge in [-0.3, -0.25) is 9.59 Å². The fraction of sp³-hybridized carbons (Fsp3) is 0.881. The summed E-state index contributed by atoms with van der Waals surface area (Å²) >= 11 is 0. The summed E-state index contributed by atoms with van der Waals surface area (Å²) in [7, 11) is 0. The third-order valence-electron chi connectivity index (χ3n) is 19.1. The number of ether oxygens (including phenoxy) is 1. The van der Waals surface area contributed by atoms with Crippen molar-refractivity contribution in [3.05, 3.63) is 48.6 Å².